The van der Waals surface area contributed by atoms with Crippen LogP contribution in [0.25, 0.3) is 16.7 Å². The Morgan fingerprint density at radius 2 is 1.76 bits per heavy atom. The zero-order valence-corrected chi connectivity index (χ0v) is 12.8. The van der Waals surface area contributed by atoms with Crippen molar-refractivity contribution in [3.8, 4) is 11.5 Å². The number of aromatic nitrogens is 4. The SMILES string of the molecule is CCOc1cc2nc(Cl)c3nnc(C)n3c2cc1OCC. The molecule has 0 radical (unpaired) electrons. The molecule has 0 spiro atoms. The summed E-state index contributed by atoms with van der Waals surface area (Å²) in [6.07, 6.45) is 0. The van der Waals surface area contributed by atoms with Gasteiger partial charge in [-0.05, 0) is 20.8 Å². The largest absolute Gasteiger partial charge is 0.490 e. The highest BCUT2D eigenvalue weighted by atomic mass is 35.5. The predicted octanol–water partition coefficient (Wildman–Crippen LogP) is 3.04. The lowest BCUT2D eigenvalue weighted by molar-refractivity contribution is 0.288. The number of rotatable bonds is 4. The summed E-state index contributed by atoms with van der Waals surface area (Å²) in [5.41, 5.74) is 2.08. The first-order valence-electron chi connectivity index (χ1n) is 6.76. The van der Waals surface area contributed by atoms with Gasteiger partial charge in [0.25, 0.3) is 0 Å². The second kappa shape index (κ2) is 5.37. The van der Waals surface area contributed by atoms with Crippen molar-refractivity contribution in [1.82, 2.24) is 19.6 Å². The van der Waals surface area contributed by atoms with Gasteiger partial charge in [-0.3, -0.25) is 4.40 Å². The smallest absolute Gasteiger partial charge is 0.199 e. The van der Waals surface area contributed by atoms with Crippen LogP contribution in [0.3, 0.4) is 0 Å². The Morgan fingerprint density at radius 1 is 1.10 bits per heavy atom. The molecule has 0 fully saturated rings. The van der Waals surface area contributed by atoms with Crippen molar-refractivity contribution < 1.29 is 9.47 Å². The fraction of sp³-hybridized carbons (Fsp3) is 0.357. The van der Waals surface area contributed by atoms with Crippen molar-refractivity contribution in [1.29, 1.82) is 0 Å². The molecule has 0 aliphatic carbocycles. The minimum Gasteiger partial charge on any atom is -0.490 e. The normalized spacial score (nSPS) is 11.2. The van der Waals surface area contributed by atoms with Gasteiger partial charge in [-0.15, -0.1) is 10.2 Å². The van der Waals surface area contributed by atoms with Crippen LogP contribution in [0.5, 0.6) is 11.5 Å². The molecular formula is C14H15ClN4O2. The molecule has 21 heavy (non-hydrogen) atoms. The Bertz CT molecular complexity index is 816. The molecule has 3 rings (SSSR count). The molecule has 110 valence electrons. The van der Waals surface area contributed by atoms with Gasteiger partial charge in [-0.1, -0.05) is 11.6 Å². The summed E-state index contributed by atoms with van der Waals surface area (Å²) in [5.74, 6) is 2.07. The van der Waals surface area contributed by atoms with E-state index in [1.54, 1.807) is 0 Å². The molecule has 0 saturated carbocycles. The van der Waals surface area contributed by atoms with E-state index >= 15 is 0 Å². The molecule has 0 bridgehead atoms. The van der Waals surface area contributed by atoms with Crippen LogP contribution in [-0.4, -0.2) is 32.8 Å². The van der Waals surface area contributed by atoms with E-state index in [1.165, 1.54) is 0 Å². The fourth-order valence-corrected chi connectivity index (χ4v) is 2.50. The molecule has 0 saturated heterocycles. The predicted molar refractivity (Wildman–Crippen MR) is 80.4 cm³/mol. The van der Waals surface area contributed by atoms with Crippen molar-refractivity contribution in [2.24, 2.45) is 0 Å². The number of benzene rings is 1. The van der Waals surface area contributed by atoms with E-state index in [-0.39, 0.29) is 0 Å². The Hall–Kier alpha value is -2.08. The topological polar surface area (TPSA) is 61.5 Å². The minimum atomic E-state index is 0.315. The molecule has 6 nitrogen and oxygen atoms in total. The van der Waals surface area contributed by atoms with Gasteiger partial charge in [0.15, 0.2) is 22.3 Å². The summed E-state index contributed by atoms with van der Waals surface area (Å²) in [5, 5.41) is 8.42. The zero-order valence-electron chi connectivity index (χ0n) is 12.1. The monoisotopic (exact) mass is 306 g/mol. The maximum absolute atomic E-state index is 6.17. The van der Waals surface area contributed by atoms with Crippen molar-refractivity contribution >= 4 is 28.3 Å². The number of aryl methyl sites for hydroxylation is 1. The summed E-state index contributed by atoms with van der Waals surface area (Å²) >= 11 is 6.17. The van der Waals surface area contributed by atoms with Crippen LogP contribution in [0.2, 0.25) is 5.15 Å². The standard InChI is InChI=1S/C14H15ClN4O2/c1-4-20-11-6-9-10(7-12(11)21-5-2)19-8(3)17-18-14(19)13(15)16-9/h6-7H,4-5H2,1-3H3. The first-order valence-corrected chi connectivity index (χ1v) is 7.14. The molecule has 0 N–H and O–H groups in total. The van der Waals surface area contributed by atoms with Crippen LogP contribution in [0.4, 0.5) is 0 Å². The number of fused-ring (bicyclic) bond motifs is 3. The van der Waals surface area contributed by atoms with E-state index in [4.69, 9.17) is 21.1 Å². The highest BCUT2D eigenvalue weighted by Crippen LogP contribution is 2.33. The van der Waals surface area contributed by atoms with Crippen LogP contribution in [0, 0.1) is 6.92 Å². The quantitative estimate of drug-likeness (QED) is 0.741. The number of hydrogen-bond donors (Lipinski definition) is 0. The lowest BCUT2D eigenvalue weighted by atomic mass is 10.2. The molecule has 2 aromatic heterocycles. The second-order valence-corrected chi connectivity index (χ2v) is 4.82. The van der Waals surface area contributed by atoms with Crippen LogP contribution in [-0.2, 0) is 0 Å². The van der Waals surface area contributed by atoms with Crippen molar-refractivity contribution in [3.05, 3.63) is 23.1 Å². The molecule has 2 heterocycles. The maximum atomic E-state index is 6.17. The van der Waals surface area contributed by atoms with Crippen LogP contribution in [0.1, 0.15) is 19.7 Å². The van der Waals surface area contributed by atoms with E-state index in [0.717, 1.165) is 11.3 Å². The summed E-state index contributed by atoms with van der Waals surface area (Å²) in [6, 6.07) is 3.71. The summed E-state index contributed by atoms with van der Waals surface area (Å²) in [4.78, 5) is 4.37. The molecule has 0 aliphatic heterocycles. The fourth-order valence-electron chi connectivity index (χ4n) is 2.28. The lowest BCUT2D eigenvalue weighted by Gasteiger charge is -2.13. The Kier molecular flexibility index (Phi) is 3.55. The highest BCUT2D eigenvalue weighted by molar-refractivity contribution is 6.32. The molecule has 0 atom stereocenters. The first-order chi connectivity index (χ1) is 10.2. The molecule has 0 amide bonds. The minimum absolute atomic E-state index is 0.315. The van der Waals surface area contributed by atoms with Crippen molar-refractivity contribution in [2.75, 3.05) is 13.2 Å². The van der Waals surface area contributed by atoms with Gasteiger partial charge in [-0.2, -0.15) is 0 Å². The number of nitrogens with zero attached hydrogens (tertiary/aromatic N) is 4. The molecule has 3 aromatic rings. The highest BCUT2D eigenvalue weighted by Gasteiger charge is 2.15. The van der Waals surface area contributed by atoms with Gasteiger partial charge in [-0.25, -0.2) is 4.98 Å². The Balaban J connectivity index is 2.36. The molecular weight excluding hydrogens is 292 g/mol. The Labute approximate surface area is 126 Å². The maximum Gasteiger partial charge on any atom is 0.199 e. The first kappa shape index (κ1) is 13.9. The van der Waals surface area contributed by atoms with Crippen LogP contribution < -0.4 is 9.47 Å². The van der Waals surface area contributed by atoms with E-state index in [9.17, 15) is 0 Å². The zero-order chi connectivity index (χ0) is 15.0. The van der Waals surface area contributed by atoms with Gasteiger partial charge in [0.1, 0.15) is 5.82 Å². The molecule has 0 aliphatic rings. The Morgan fingerprint density at radius 3 is 2.43 bits per heavy atom. The van der Waals surface area contributed by atoms with Crippen molar-refractivity contribution in [2.45, 2.75) is 20.8 Å². The number of ether oxygens (including phenoxy) is 2. The third-order valence-electron chi connectivity index (χ3n) is 3.11. The average molecular weight is 307 g/mol. The van der Waals surface area contributed by atoms with E-state index in [1.807, 2.05) is 37.3 Å². The number of halogens is 1. The van der Waals surface area contributed by atoms with Gasteiger partial charge in [0.2, 0.25) is 0 Å². The lowest BCUT2D eigenvalue weighted by Crippen LogP contribution is -2.01. The third kappa shape index (κ3) is 2.25. The van der Waals surface area contributed by atoms with E-state index < -0.39 is 0 Å². The van der Waals surface area contributed by atoms with Crippen molar-refractivity contribution in [3.63, 3.8) is 0 Å². The summed E-state index contributed by atoms with van der Waals surface area (Å²) in [6.45, 7) is 6.82. The summed E-state index contributed by atoms with van der Waals surface area (Å²) < 4.78 is 13.1. The second-order valence-electron chi connectivity index (χ2n) is 4.46. The average Bonchev–Trinajstić information content (AvgIpc) is 2.84. The van der Waals surface area contributed by atoms with Gasteiger partial charge < -0.3 is 9.47 Å². The molecule has 7 heteroatoms. The summed E-state index contributed by atoms with van der Waals surface area (Å²) in [7, 11) is 0. The van der Waals surface area contributed by atoms with E-state index in [0.29, 0.717) is 41.0 Å². The molecule has 0 unspecified atom stereocenters. The van der Waals surface area contributed by atoms with Gasteiger partial charge in [0, 0.05) is 12.1 Å². The molecule has 1 aromatic carbocycles. The van der Waals surface area contributed by atoms with Gasteiger partial charge >= 0.3 is 0 Å². The van der Waals surface area contributed by atoms with E-state index in [2.05, 4.69) is 15.2 Å². The van der Waals surface area contributed by atoms with Gasteiger partial charge in [0.05, 0.1) is 24.2 Å². The third-order valence-corrected chi connectivity index (χ3v) is 3.36. The number of hydrogen-bond acceptors (Lipinski definition) is 5. The van der Waals surface area contributed by atoms with Crippen LogP contribution >= 0.6 is 11.6 Å². The van der Waals surface area contributed by atoms with Crippen LogP contribution in [0.15, 0.2) is 12.1 Å².